The summed E-state index contributed by atoms with van der Waals surface area (Å²) in [5.41, 5.74) is 4.07. The van der Waals surface area contributed by atoms with Crippen LogP contribution in [0.25, 0.3) is 0 Å². The van der Waals surface area contributed by atoms with Crippen molar-refractivity contribution in [1.29, 1.82) is 0 Å². The van der Waals surface area contributed by atoms with Gasteiger partial charge in [-0.3, -0.25) is 14.7 Å². The van der Waals surface area contributed by atoms with E-state index in [1.54, 1.807) is 13.0 Å². The van der Waals surface area contributed by atoms with E-state index in [0.717, 1.165) is 69.0 Å². The Morgan fingerprint density at radius 1 is 1.10 bits per heavy atom. The highest BCUT2D eigenvalue weighted by Gasteiger charge is 2.51. The van der Waals surface area contributed by atoms with Crippen molar-refractivity contribution in [2.24, 2.45) is 17.8 Å². The first-order chi connectivity index (χ1) is 25.0. The van der Waals surface area contributed by atoms with Gasteiger partial charge in [-0.05, 0) is 116 Å². The van der Waals surface area contributed by atoms with Gasteiger partial charge < -0.3 is 14.4 Å². The van der Waals surface area contributed by atoms with E-state index in [1.807, 2.05) is 43.6 Å². The Labute approximate surface area is 312 Å². The van der Waals surface area contributed by atoms with Crippen LogP contribution in [0.4, 0.5) is 5.69 Å². The fraction of sp³-hybridized carbons (Fsp3) is 0.512. The molecule has 6 atom stereocenters. The lowest BCUT2D eigenvalue weighted by molar-refractivity contribution is -0.146. The van der Waals surface area contributed by atoms with Crippen LogP contribution in [0.15, 0.2) is 73.1 Å². The number of morpholine rings is 1. The van der Waals surface area contributed by atoms with Gasteiger partial charge in [0.05, 0.1) is 24.2 Å². The van der Waals surface area contributed by atoms with Crippen molar-refractivity contribution < 1.29 is 22.7 Å². The molecule has 1 saturated carbocycles. The molecule has 8 rings (SSSR count). The number of anilines is 1. The van der Waals surface area contributed by atoms with Gasteiger partial charge in [-0.15, -0.1) is 0 Å². The number of amides is 1. The molecular weight excluding hydrogens is 696 g/mol. The highest BCUT2D eigenvalue weighted by Crippen LogP contribution is 2.50. The van der Waals surface area contributed by atoms with Gasteiger partial charge in [0.2, 0.25) is 10.0 Å². The number of hydrogen-bond donors (Lipinski definition) is 1. The van der Waals surface area contributed by atoms with E-state index in [4.69, 9.17) is 21.1 Å². The number of nitrogens with one attached hydrogen (secondary N) is 1. The number of rotatable bonds is 2. The van der Waals surface area contributed by atoms with Crippen molar-refractivity contribution in [3.63, 3.8) is 0 Å². The average Bonchev–Trinajstić information content (AvgIpc) is 3.26. The smallest absolute Gasteiger partial charge is 0.264 e. The summed E-state index contributed by atoms with van der Waals surface area (Å²) in [7, 11) is -3.96. The number of fused-ring (bicyclic) bond motifs is 5. The van der Waals surface area contributed by atoms with Crippen LogP contribution in [0.2, 0.25) is 5.02 Å². The number of aryl methyl sites for hydroxylation is 1. The van der Waals surface area contributed by atoms with Crippen LogP contribution < -0.4 is 14.4 Å². The number of allylic oxidation sites excluding steroid dienone is 1. The second-order valence-corrected chi connectivity index (χ2v) is 18.4. The molecule has 2 bridgehead atoms. The number of pyridine rings is 1. The lowest BCUT2D eigenvalue weighted by atomic mass is 9.63. The zero-order valence-corrected chi connectivity index (χ0v) is 31.7. The normalized spacial score (nSPS) is 32.4. The van der Waals surface area contributed by atoms with E-state index in [9.17, 15) is 13.2 Å². The first kappa shape index (κ1) is 35.6. The van der Waals surface area contributed by atoms with E-state index < -0.39 is 26.8 Å². The number of hydrogen-bond acceptors (Lipinski definition) is 8. The summed E-state index contributed by atoms with van der Waals surface area (Å²) in [4.78, 5) is 22.9. The van der Waals surface area contributed by atoms with Crippen molar-refractivity contribution >= 4 is 33.2 Å². The standard InChI is InChI=1S/C41H49ClN4O5S/c1-28-6-3-16-41(26-45(18-19-51-41)23-30-7-5-17-43-22-30)36-12-9-33(36)24-46-25-40(15-4-8-31-20-34(42)11-13-35(31)40)27-50-38-14-10-32(21-37(38)46)39(47)44-52(48,49)29(28)2/h3,5,7,10-11,13-14,16-17,20-22,28-29,33,36H,4,6,8-9,12,15,18-19,23-27H2,1-2H3,(H,44,47)/b16-3-/t28-,29+,33-,36+,40-,41-/m0/s1. The summed E-state index contributed by atoms with van der Waals surface area (Å²) >= 11 is 6.50. The van der Waals surface area contributed by atoms with Gasteiger partial charge in [0.25, 0.3) is 5.91 Å². The lowest BCUT2D eigenvalue weighted by Gasteiger charge is -2.54. The van der Waals surface area contributed by atoms with Gasteiger partial charge in [-0.1, -0.05) is 42.8 Å². The van der Waals surface area contributed by atoms with Gasteiger partial charge in [0.1, 0.15) is 11.4 Å². The molecule has 2 spiro atoms. The van der Waals surface area contributed by atoms with Crippen LogP contribution in [0.1, 0.15) is 73.0 Å². The minimum Gasteiger partial charge on any atom is -0.490 e. The maximum absolute atomic E-state index is 13.6. The van der Waals surface area contributed by atoms with Crippen molar-refractivity contribution in [2.45, 2.75) is 75.2 Å². The molecular formula is C41H49ClN4O5S. The highest BCUT2D eigenvalue weighted by atomic mass is 35.5. The first-order valence-corrected chi connectivity index (χ1v) is 20.8. The molecule has 11 heteroatoms. The molecule has 9 nitrogen and oxygen atoms in total. The Morgan fingerprint density at radius 2 is 1.98 bits per heavy atom. The number of halogens is 1. The van der Waals surface area contributed by atoms with Crippen LogP contribution in [0.3, 0.4) is 0 Å². The van der Waals surface area contributed by atoms with E-state index in [-0.39, 0.29) is 17.3 Å². The summed E-state index contributed by atoms with van der Waals surface area (Å²) in [5.74, 6) is 0.464. The van der Waals surface area contributed by atoms with Crippen LogP contribution in [0.5, 0.6) is 5.75 Å². The molecule has 4 heterocycles. The van der Waals surface area contributed by atoms with Crippen LogP contribution in [-0.4, -0.2) is 74.5 Å². The topological polar surface area (TPSA) is 101 Å². The molecule has 52 heavy (non-hydrogen) atoms. The van der Waals surface area contributed by atoms with Gasteiger partial charge >= 0.3 is 0 Å². The molecule has 3 aromatic rings. The zero-order chi connectivity index (χ0) is 36.1. The molecule has 1 N–H and O–H groups in total. The van der Waals surface area contributed by atoms with E-state index in [0.29, 0.717) is 43.4 Å². The Morgan fingerprint density at radius 3 is 2.79 bits per heavy atom. The van der Waals surface area contributed by atoms with Gasteiger partial charge in [-0.25, -0.2) is 13.1 Å². The molecule has 0 radical (unpaired) electrons. The highest BCUT2D eigenvalue weighted by molar-refractivity contribution is 7.90. The molecule has 3 aliphatic heterocycles. The van der Waals surface area contributed by atoms with E-state index >= 15 is 0 Å². The minimum atomic E-state index is -3.96. The van der Waals surface area contributed by atoms with E-state index in [1.165, 1.54) is 16.7 Å². The predicted molar refractivity (Wildman–Crippen MR) is 203 cm³/mol. The fourth-order valence-electron chi connectivity index (χ4n) is 9.40. The Kier molecular flexibility index (Phi) is 9.64. The molecule has 1 saturated heterocycles. The Balaban J connectivity index is 1.20. The fourth-order valence-corrected chi connectivity index (χ4v) is 10.9. The summed E-state index contributed by atoms with van der Waals surface area (Å²) in [6.45, 7) is 8.60. The third-order valence-electron chi connectivity index (χ3n) is 12.6. The zero-order valence-electron chi connectivity index (χ0n) is 30.1. The van der Waals surface area contributed by atoms with Crippen LogP contribution in [0, 0.1) is 17.8 Å². The molecule has 2 aromatic carbocycles. The van der Waals surface area contributed by atoms with E-state index in [2.05, 4.69) is 49.9 Å². The number of aromatic nitrogens is 1. The SMILES string of the molecule is C[C@@H]1[C@@H](C)C/C=C\[C@]2(CN(Cc3cccnc3)CCO2)[C@@H]2CC[C@H]2CN2C[C@@]3(CCCc4cc(Cl)ccc43)COc3ccc(cc32)C(=O)NS1(=O)=O. The molecule has 0 unspecified atom stereocenters. The number of carbonyl (C=O) groups is 1. The predicted octanol–water partition coefficient (Wildman–Crippen LogP) is 6.55. The molecule has 5 aliphatic rings. The summed E-state index contributed by atoms with van der Waals surface area (Å²) in [5, 5.41) is -0.0372. The summed E-state index contributed by atoms with van der Waals surface area (Å²) in [6, 6.07) is 15.7. The van der Waals surface area contributed by atoms with Gasteiger partial charge in [-0.2, -0.15) is 0 Å². The third-order valence-corrected chi connectivity index (χ3v) is 14.8. The van der Waals surface area contributed by atoms with Crippen molar-refractivity contribution in [3.05, 3.63) is 100 Å². The molecule has 2 fully saturated rings. The lowest BCUT2D eigenvalue weighted by Crippen LogP contribution is -2.60. The third kappa shape index (κ3) is 6.76. The van der Waals surface area contributed by atoms with Crippen LogP contribution in [-0.2, 0) is 33.1 Å². The Bertz CT molecular complexity index is 1960. The minimum absolute atomic E-state index is 0.223. The maximum Gasteiger partial charge on any atom is 0.264 e. The number of benzene rings is 2. The second kappa shape index (κ2) is 14.1. The summed E-state index contributed by atoms with van der Waals surface area (Å²) < 4.78 is 43.2. The monoisotopic (exact) mass is 744 g/mol. The van der Waals surface area contributed by atoms with Crippen molar-refractivity contribution in [3.8, 4) is 5.75 Å². The van der Waals surface area contributed by atoms with Gasteiger partial charge in [0.15, 0.2) is 0 Å². The Hall–Kier alpha value is -3.44. The summed E-state index contributed by atoms with van der Waals surface area (Å²) in [6.07, 6.45) is 13.8. The molecule has 2 aliphatic carbocycles. The molecule has 1 aromatic heterocycles. The van der Waals surface area contributed by atoms with Crippen molar-refractivity contribution in [1.82, 2.24) is 14.6 Å². The maximum atomic E-state index is 13.6. The number of ether oxygens (including phenoxy) is 2. The molecule has 276 valence electrons. The number of carbonyl (C=O) groups excluding carboxylic acids is 1. The number of sulfonamides is 1. The largest absolute Gasteiger partial charge is 0.490 e. The van der Waals surface area contributed by atoms with Crippen LogP contribution >= 0.6 is 11.6 Å². The number of nitrogens with zero attached hydrogens (tertiary/aromatic N) is 3. The quantitative estimate of drug-likeness (QED) is 0.295. The van der Waals surface area contributed by atoms with Gasteiger partial charge in [0, 0.05) is 61.1 Å². The molecule has 1 amide bonds. The first-order valence-electron chi connectivity index (χ1n) is 18.8. The van der Waals surface area contributed by atoms with Crippen molar-refractivity contribution in [2.75, 3.05) is 44.3 Å². The second-order valence-electron chi connectivity index (χ2n) is 15.9. The average molecular weight is 745 g/mol.